The van der Waals surface area contributed by atoms with Crippen molar-refractivity contribution in [2.75, 3.05) is 5.75 Å². The number of aromatic nitrogens is 3. The summed E-state index contributed by atoms with van der Waals surface area (Å²) in [6.45, 7) is 0. The first-order chi connectivity index (χ1) is 12.2. The fourth-order valence-electron chi connectivity index (χ4n) is 3.18. The molecule has 128 valence electrons. The van der Waals surface area contributed by atoms with Gasteiger partial charge in [-0.2, -0.15) is 0 Å². The summed E-state index contributed by atoms with van der Waals surface area (Å²) in [6, 6.07) is 9.80. The third-order valence-electron chi connectivity index (χ3n) is 4.58. The zero-order valence-corrected chi connectivity index (χ0v) is 14.9. The minimum absolute atomic E-state index is 0.126. The number of carbonyl (C=O) groups is 1. The maximum atomic E-state index is 12.6. The number of carbonyl (C=O) groups excluding carboxylic acids is 1. The number of aryl methyl sites for hydroxylation is 2. The van der Waals surface area contributed by atoms with Gasteiger partial charge in [0.2, 0.25) is 0 Å². The number of hydrogen-bond acceptors (Lipinski definition) is 5. The van der Waals surface area contributed by atoms with Gasteiger partial charge >= 0.3 is 0 Å². The van der Waals surface area contributed by atoms with Crippen LogP contribution in [-0.2, 0) is 19.9 Å². The first-order valence-electron chi connectivity index (χ1n) is 8.43. The molecule has 0 radical (unpaired) electrons. The van der Waals surface area contributed by atoms with Gasteiger partial charge in [-0.1, -0.05) is 23.9 Å². The molecule has 3 aromatic rings. The van der Waals surface area contributed by atoms with Crippen molar-refractivity contribution in [3.63, 3.8) is 0 Å². The van der Waals surface area contributed by atoms with Crippen molar-refractivity contribution in [3.8, 4) is 11.6 Å². The van der Waals surface area contributed by atoms with Crippen molar-refractivity contribution < 1.29 is 9.21 Å². The van der Waals surface area contributed by atoms with Gasteiger partial charge in [0.25, 0.3) is 0 Å². The van der Waals surface area contributed by atoms with Gasteiger partial charge in [0.15, 0.2) is 22.5 Å². The number of rotatable bonds is 5. The standard InChI is InChI=1S/C19H19N3O2S/c1-22-18(17-7-4-10-24-17)20-21-19(22)25-12-16(23)15-9-8-13-5-2-3-6-14(13)11-15/h4,7-11H,2-3,5-6,12H2,1H3. The van der Waals surface area contributed by atoms with Crippen LogP contribution in [0.5, 0.6) is 0 Å². The van der Waals surface area contributed by atoms with E-state index >= 15 is 0 Å². The van der Waals surface area contributed by atoms with Crippen molar-refractivity contribution in [3.05, 3.63) is 53.3 Å². The van der Waals surface area contributed by atoms with Crippen molar-refractivity contribution in [2.24, 2.45) is 7.05 Å². The summed E-state index contributed by atoms with van der Waals surface area (Å²) < 4.78 is 7.21. The predicted molar refractivity (Wildman–Crippen MR) is 96.8 cm³/mol. The molecule has 0 saturated heterocycles. The Bertz CT molecular complexity index is 900. The summed E-state index contributed by atoms with van der Waals surface area (Å²) in [4.78, 5) is 12.6. The number of benzene rings is 1. The smallest absolute Gasteiger partial charge is 0.200 e. The Hall–Kier alpha value is -2.34. The normalized spacial score (nSPS) is 13.6. The molecule has 5 nitrogen and oxygen atoms in total. The van der Waals surface area contributed by atoms with E-state index in [4.69, 9.17) is 4.42 Å². The highest BCUT2D eigenvalue weighted by molar-refractivity contribution is 7.99. The fraction of sp³-hybridized carbons (Fsp3) is 0.316. The minimum atomic E-state index is 0.126. The monoisotopic (exact) mass is 353 g/mol. The Morgan fingerprint density at radius 3 is 2.84 bits per heavy atom. The molecule has 1 aromatic carbocycles. The van der Waals surface area contributed by atoms with E-state index in [1.165, 1.54) is 35.7 Å². The topological polar surface area (TPSA) is 60.9 Å². The van der Waals surface area contributed by atoms with Crippen LogP contribution in [0, 0.1) is 0 Å². The lowest BCUT2D eigenvalue weighted by Crippen LogP contribution is -2.08. The van der Waals surface area contributed by atoms with Gasteiger partial charge in [-0.05, 0) is 55.0 Å². The quantitative estimate of drug-likeness (QED) is 0.514. The number of furan rings is 1. The second kappa shape index (κ2) is 6.88. The first kappa shape index (κ1) is 16.1. The van der Waals surface area contributed by atoms with Crippen LogP contribution in [0.25, 0.3) is 11.6 Å². The van der Waals surface area contributed by atoms with Crippen LogP contribution in [0.2, 0.25) is 0 Å². The molecule has 1 aliphatic rings. The maximum absolute atomic E-state index is 12.6. The zero-order valence-electron chi connectivity index (χ0n) is 14.1. The average molecular weight is 353 g/mol. The molecule has 0 saturated carbocycles. The summed E-state index contributed by atoms with van der Waals surface area (Å²) in [6.07, 6.45) is 6.29. The van der Waals surface area contributed by atoms with Gasteiger partial charge in [0.1, 0.15) is 0 Å². The maximum Gasteiger partial charge on any atom is 0.200 e. The van der Waals surface area contributed by atoms with Gasteiger partial charge in [0, 0.05) is 12.6 Å². The van der Waals surface area contributed by atoms with E-state index in [-0.39, 0.29) is 5.78 Å². The van der Waals surface area contributed by atoms with Gasteiger partial charge in [-0.25, -0.2) is 0 Å². The number of hydrogen-bond donors (Lipinski definition) is 0. The minimum Gasteiger partial charge on any atom is -0.461 e. The van der Waals surface area contributed by atoms with E-state index in [1.807, 2.05) is 29.8 Å². The second-order valence-corrected chi connectivity index (χ2v) is 7.19. The van der Waals surface area contributed by atoms with Crippen molar-refractivity contribution >= 4 is 17.5 Å². The number of fused-ring (bicyclic) bond motifs is 1. The molecule has 0 amide bonds. The van der Waals surface area contributed by atoms with Crippen LogP contribution in [0.3, 0.4) is 0 Å². The third-order valence-corrected chi connectivity index (χ3v) is 5.60. The summed E-state index contributed by atoms with van der Waals surface area (Å²) in [5.41, 5.74) is 3.52. The summed E-state index contributed by atoms with van der Waals surface area (Å²) in [7, 11) is 1.88. The highest BCUT2D eigenvalue weighted by Gasteiger charge is 2.16. The predicted octanol–water partition coefficient (Wildman–Crippen LogP) is 3.93. The van der Waals surface area contributed by atoms with E-state index in [0.29, 0.717) is 22.5 Å². The lowest BCUT2D eigenvalue weighted by molar-refractivity contribution is 0.102. The molecule has 0 aliphatic heterocycles. The van der Waals surface area contributed by atoms with Crippen LogP contribution >= 0.6 is 11.8 Å². The van der Waals surface area contributed by atoms with Gasteiger partial charge < -0.3 is 8.98 Å². The van der Waals surface area contributed by atoms with Gasteiger partial charge in [0.05, 0.1) is 12.0 Å². The van der Waals surface area contributed by atoms with E-state index in [1.54, 1.807) is 6.26 Å². The molecule has 0 unspecified atom stereocenters. The highest BCUT2D eigenvalue weighted by atomic mass is 32.2. The van der Waals surface area contributed by atoms with Crippen LogP contribution in [-0.4, -0.2) is 26.3 Å². The molecule has 2 aromatic heterocycles. The molecular weight excluding hydrogens is 334 g/mol. The van der Waals surface area contributed by atoms with E-state index in [2.05, 4.69) is 22.3 Å². The van der Waals surface area contributed by atoms with Crippen molar-refractivity contribution in [1.29, 1.82) is 0 Å². The molecule has 6 heteroatoms. The van der Waals surface area contributed by atoms with Crippen LogP contribution in [0.4, 0.5) is 0 Å². The Balaban J connectivity index is 1.46. The van der Waals surface area contributed by atoms with Gasteiger partial charge in [-0.15, -0.1) is 10.2 Å². The molecule has 0 fully saturated rings. The summed E-state index contributed by atoms with van der Waals surface area (Å²) in [5, 5.41) is 9.03. The molecule has 2 heterocycles. The summed E-state index contributed by atoms with van der Waals surface area (Å²) >= 11 is 1.40. The van der Waals surface area contributed by atoms with Crippen molar-refractivity contribution in [1.82, 2.24) is 14.8 Å². The Labute approximate surface area is 150 Å². The molecule has 0 bridgehead atoms. The van der Waals surface area contributed by atoms with Crippen molar-refractivity contribution in [2.45, 2.75) is 30.8 Å². The van der Waals surface area contributed by atoms with Crippen LogP contribution in [0.15, 0.2) is 46.2 Å². The summed E-state index contributed by atoms with van der Waals surface area (Å²) in [5.74, 6) is 1.81. The first-order valence-corrected chi connectivity index (χ1v) is 9.42. The third kappa shape index (κ3) is 3.26. The van der Waals surface area contributed by atoms with E-state index in [9.17, 15) is 4.79 Å². The molecule has 1 aliphatic carbocycles. The lowest BCUT2D eigenvalue weighted by Gasteiger charge is -2.16. The van der Waals surface area contributed by atoms with E-state index < -0.39 is 0 Å². The number of Topliss-reactive ketones (excluding diaryl/α,β-unsaturated/α-hetero) is 1. The molecule has 25 heavy (non-hydrogen) atoms. The molecule has 0 spiro atoms. The second-order valence-electron chi connectivity index (χ2n) is 6.24. The number of ketones is 1. The Morgan fingerprint density at radius 2 is 2.04 bits per heavy atom. The number of nitrogens with zero attached hydrogens (tertiary/aromatic N) is 3. The Kier molecular flexibility index (Phi) is 4.44. The Morgan fingerprint density at radius 1 is 1.20 bits per heavy atom. The highest BCUT2D eigenvalue weighted by Crippen LogP contribution is 2.25. The SMILES string of the molecule is Cn1c(SCC(=O)c2ccc3c(c2)CCCC3)nnc1-c1ccco1. The van der Waals surface area contributed by atoms with E-state index in [0.717, 1.165) is 18.4 Å². The van der Waals surface area contributed by atoms with Crippen LogP contribution in [0.1, 0.15) is 34.3 Å². The molecule has 0 atom stereocenters. The molecular formula is C19H19N3O2S. The van der Waals surface area contributed by atoms with Gasteiger partial charge in [-0.3, -0.25) is 4.79 Å². The van der Waals surface area contributed by atoms with Crippen LogP contribution < -0.4 is 0 Å². The molecule has 0 N–H and O–H groups in total. The average Bonchev–Trinajstić information content (AvgIpc) is 3.29. The molecule has 4 rings (SSSR count). The zero-order chi connectivity index (χ0) is 17.2. The fourth-order valence-corrected chi connectivity index (χ4v) is 3.99. The largest absolute Gasteiger partial charge is 0.461 e. The lowest BCUT2D eigenvalue weighted by atomic mass is 9.90. The number of thioether (sulfide) groups is 1.